The predicted octanol–water partition coefficient (Wildman–Crippen LogP) is 10.9. The Balaban J connectivity index is 0.000000252. The highest BCUT2D eigenvalue weighted by Gasteiger charge is 2.47. The molecule has 12 rings (SSSR count). The molecule has 30 heteroatoms. The Morgan fingerprint density at radius 1 is 0.436 bits per heavy atom. The highest BCUT2D eigenvalue weighted by molar-refractivity contribution is 5.98. The number of rotatable bonds is 22. The number of fused-ring (bicyclic) bond motifs is 4. The van der Waals surface area contributed by atoms with Crippen LogP contribution in [-0.2, 0) is 92.3 Å². The number of aromatic amines is 4. The summed E-state index contributed by atoms with van der Waals surface area (Å²) in [5, 5.41) is 15.1. The summed E-state index contributed by atoms with van der Waals surface area (Å²) in [5.41, 5.74) is 5.65. The Morgan fingerprint density at radius 3 is 0.991 bits per heavy atom. The van der Waals surface area contributed by atoms with E-state index in [0.29, 0.717) is 81.0 Å². The van der Waals surface area contributed by atoms with Gasteiger partial charge in [0.1, 0.15) is 71.0 Å². The minimum atomic E-state index is -1.22. The molecule has 4 aliphatic heterocycles. The number of ether oxygens (including phenoxy) is 8. The molecule has 110 heavy (non-hydrogen) atoms. The standard InChI is InChI=1S/C50H66F2N6O12.C30H32F2N4O4/c1-25(65-11)41(55-47(63)69-49(5,6)7)45(61)57-19-17-39(67-27(3)59)37(57)23-33-31-15-13-29(51)21-35(31)53-43(33)44-34(32-16-14-30(52)22-36(32)54-44)24-38-40(68-28(4)60)18-20-58(38)46(62)42(26(2)66-12)56-48(64)70-50(8,9)10;1-15(37)39-27-7-9-33-25(27)13-21-19-5-3-17(31)11-23(19)35-29(21)30-22(20-6-4-18(32)12-24(20)36-30)14-26-28(8-10-34-26)40-16(2)38/h13-16,21-22,25-26,37-42,53-54H,17-20,23-24H2,1-12H3,(H,55,63)(H,56,64);3-6,11-12,25-28,33-36H,7-10,13-14H2,1-2H3/t25-,26-,37-,38-,39+,40+,41+,42+;25-,26-,27+,28+/m11/s1. The maximum Gasteiger partial charge on any atom is 0.408 e. The topological polar surface area (TPSA) is 328 Å². The monoisotopic (exact) mass is 1530 g/mol. The highest BCUT2D eigenvalue weighted by atomic mass is 19.1. The number of methoxy groups -OCH3 is 2. The second-order valence-corrected chi connectivity index (χ2v) is 30.7. The Labute approximate surface area is 633 Å². The van der Waals surface area contributed by atoms with Crippen LogP contribution >= 0.6 is 0 Å². The van der Waals surface area contributed by atoms with Gasteiger partial charge in [-0.2, -0.15) is 0 Å². The lowest BCUT2D eigenvalue weighted by atomic mass is 9.93. The van der Waals surface area contributed by atoms with E-state index in [-0.39, 0.29) is 86.6 Å². The van der Waals surface area contributed by atoms with Gasteiger partial charge in [-0.3, -0.25) is 28.8 Å². The fourth-order valence-electron chi connectivity index (χ4n) is 15.7. The Morgan fingerprint density at radius 2 is 0.718 bits per heavy atom. The SMILES string of the molecule is CC(=O)O[C@H]1CCN[C@@H]1Cc1c(-c2[nH]c3cc(F)ccc3c2C[C@H]2NCC[C@@H]2OC(C)=O)[nH]c2cc(F)ccc12.CO[C@H](C)[C@H](NC(=O)OC(C)(C)C)C(=O)N1CC[C@H](OC(C)=O)[C@H]1Cc1c(-c2[nH]c3cc(F)ccc3c2C[C@@H]2[C@@H](OC(C)=O)CCN2C(=O)[C@@H](NC(=O)OC(C)(C)C)[C@@H](C)OC)[nH]c2cc(F)ccc12. The van der Waals surface area contributed by atoms with Crippen LogP contribution in [0.4, 0.5) is 27.2 Å². The molecular weight excluding hydrogens is 1430 g/mol. The van der Waals surface area contributed by atoms with Crippen LogP contribution in [0.3, 0.4) is 0 Å². The maximum atomic E-state index is 15.1. The molecule has 0 spiro atoms. The number of hydrogen-bond donors (Lipinski definition) is 8. The molecule has 4 amide bonds. The highest BCUT2D eigenvalue weighted by Crippen LogP contribution is 2.43. The zero-order valence-electron chi connectivity index (χ0n) is 64.3. The van der Waals surface area contributed by atoms with E-state index >= 15 is 8.78 Å². The average molecular weight is 1530 g/mol. The fourth-order valence-corrected chi connectivity index (χ4v) is 15.7. The summed E-state index contributed by atoms with van der Waals surface area (Å²) in [4.78, 5) is 121. The first-order chi connectivity index (χ1) is 52.0. The van der Waals surface area contributed by atoms with Crippen LogP contribution in [0.15, 0.2) is 72.8 Å². The Hall–Kier alpha value is -10.0. The zero-order chi connectivity index (χ0) is 79.5. The van der Waals surface area contributed by atoms with E-state index < -0.39 is 107 Å². The van der Waals surface area contributed by atoms with E-state index in [0.717, 1.165) is 46.4 Å². The summed E-state index contributed by atoms with van der Waals surface area (Å²) < 4.78 is 104. The van der Waals surface area contributed by atoms with Crippen LogP contribution in [0.1, 0.15) is 131 Å². The molecule has 0 bridgehead atoms. The fraction of sp³-hybridized carbons (Fsp3) is 0.500. The number of nitrogens with zero attached hydrogens (tertiary/aromatic N) is 2. The summed E-state index contributed by atoms with van der Waals surface area (Å²) in [6, 6.07) is 13.3. The lowest BCUT2D eigenvalue weighted by molar-refractivity contribution is -0.150. The third-order valence-corrected chi connectivity index (χ3v) is 20.6. The molecule has 0 saturated carbocycles. The van der Waals surface area contributed by atoms with Gasteiger partial charge < -0.3 is 88.9 Å². The molecule has 4 saturated heterocycles. The number of esters is 4. The molecule has 4 fully saturated rings. The number of benzene rings is 4. The van der Waals surface area contributed by atoms with Gasteiger partial charge in [0.15, 0.2) is 0 Å². The second kappa shape index (κ2) is 33.7. The zero-order valence-corrected chi connectivity index (χ0v) is 64.3. The van der Waals surface area contributed by atoms with Gasteiger partial charge >= 0.3 is 36.1 Å². The van der Waals surface area contributed by atoms with Crippen LogP contribution in [-0.4, -0.2) is 202 Å². The Kier molecular flexibility index (Phi) is 24.8. The molecule has 4 aromatic carbocycles. The van der Waals surface area contributed by atoms with Crippen molar-refractivity contribution in [3.8, 4) is 22.8 Å². The lowest BCUT2D eigenvalue weighted by Crippen LogP contribution is -2.57. The lowest BCUT2D eigenvalue weighted by Gasteiger charge is -2.33. The van der Waals surface area contributed by atoms with Crippen molar-refractivity contribution in [2.24, 2.45) is 0 Å². The van der Waals surface area contributed by atoms with Crippen molar-refractivity contribution in [2.45, 2.75) is 219 Å². The molecule has 26 nitrogen and oxygen atoms in total. The van der Waals surface area contributed by atoms with Gasteiger partial charge in [-0.25, -0.2) is 27.2 Å². The molecule has 0 aliphatic carbocycles. The molecule has 8 aromatic rings. The number of carbonyl (C=O) groups is 8. The number of hydrogen-bond acceptors (Lipinski definition) is 18. The van der Waals surface area contributed by atoms with Crippen LogP contribution in [0.5, 0.6) is 0 Å². The van der Waals surface area contributed by atoms with Gasteiger partial charge in [-0.15, -0.1) is 0 Å². The minimum Gasteiger partial charge on any atom is -0.461 e. The van der Waals surface area contributed by atoms with Crippen molar-refractivity contribution in [3.05, 3.63) is 118 Å². The van der Waals surface area contributed by atoms with E-state index in [2.05, 4.69) is 41.2 Å². The van der Waals surface area contributed by atoms with Gasteiger partial charge in [0, 0.05) is 124 Å². The van der Waals surface area contributed by atoms with E-state index in [1.54, 1.807) is 79.7 Å². The van der Waals surface area contributed by atoms with Gasteiger partial charge in [0.2, 0.25) is 11.8 Å². The van der Waals surface area contributed by atoms with Crippen LogP contribution < -0.4 is 21.3 Å². The predicted molar refractivity (Wildman–Crippen MR) is 400 cm³/mol. The number of alkyl carbamates (subject to hydrolysis) is 2. The van der Waals surface area contributed by atoms with Crippen molar-refractivity contribution >= 4 is 91.5 Å². The summed E-state index contributed by atoms with van der Waals surface area (Å²) in [7, 11) is 2.81. The molecule has 592 valence electrons. The van der Waals surface area contributed by atoms with Crippen molar-refractivity contribution in [1.29, 1.82) is 0 Å². The molecule has 8 N–H and O–H groups in total. The van der Waals surface area contributed by atoms with E-state index in [1.807, 2.05) is 0 Å². The smallest absolute Gasteiger partial charge is 0.408 e. The first-order valence-corrected chi connectivity index (χ1v) is 37.1. The maximum absolute atomic E-state index is 15.1. The molecule has 12 atom stereocenters. The largest absolute Gasteiger partial charge is 0.461 e. The van der Waals surface area contributed by atoms with Gasteiger partial charge in [0.25, 0.3) is 0 Å². The van der Waals surface area contributed by atoms with Crippen molar-refractivity contribution in [3.63, 3.8) is 0 Å². The molecule has 8 heterocycles. The number of nitrogens with one attached hydrogen (secondary N) is 8. The number of H-pyrrole nitrogens is 4. The second-order valence-electron chi connectivity index (χ2n) is 30.7. The molecule has 4 aromatic heterocycles. The number of halogens is 4. The number of carbonyl (C=O) groups excluding carboxylic acids is 8. The van der Waals surface area contributed by atoms with Crippen molar-refractivity contribution in [2.75, 3.05) is 40.4 Å². The van der Waals surface area contributed by atoms with E-state index in [4.69, 9.17) is 37.9 Å². The summed E-state index contributed by atoms with van der Waals surface area (Å²) in [5.74, 6) is -4.69. The third kappa shape index (κ3) is 18.7. The molecule has 0 radical (unpaired) electrons. The number of likely N-dealkylation sites (tertiary alicyclic amines) is 2. The average Bonchev–Trinajstić information content (AvgIpc) is 1.60. The van der Waals surface area contributed by atoms with E-state index in [9.17, 15) is 47.1 Å². The van der Waals surface area contributed by atoms with Crippen molar-refractivity contribution in [1.82, 2.24) is 51.0 Å². The summed E-state index contributed by atoms with van der Waals surface area (Å²) in [6.45, 7) is 20.4. The number of aromatic nitrogens is 4. The third-order valence-electron chi connectivity index (χ3n) is 20.6. The summed E-state index contributed by atoms with van der Waals surface area (Å²) >= 11 is 0. The van der Waals surface area contributed by atoms with Crippen LogP contribution in [0.25, 0.3) is 66.4 Å². The quantitative estimate of drug-likeness (QED) is 0.0178. The molecule has 0 unspecified atom stereocenters. The van der Waals surface area contributed by atoms with E-state index in [1.165, 1.54) is 100 Å². The van der Waals surface area contributed by atoms with Crippen molar-refractivity contribution < 1.29 is 93.8 Å². The minimum absolute atomic E-state index is 0.0192. The first-order valence-electron chi connectivity index (χ1n) is 37.1. The molecule has 4 aliphatic rings. The van der Waals surface area contributed by atoms with Crippen LogP contribution in [0, 0.1) is 23.3 Å². The van der Waals surface area contributed by atoms with Gasteiger partial charge in [-0.05, 0) is 202 Å². The first kappa shape index (κ1) is 81.0. The molecular formula is C80H98F4N10O16. The number of amides is 4. The van der Waals surface area contributed by atoms with Gasteiger partial charge in [0.05, 0.1) is 47.1 Å². The summed E-state index contributed by atoms with van der Waals surface area (Å²) in [6.07, 6.45) is -2.54. The normalized spacial score (nSPS) is 21.1. The Bertz CT molecular complexity index is 4470. The van der Waals surface area contributed by atoms with Crippen LogP contribution in [0.2, 0.25) is 0 Å². The van der Waals surface area contributed by atoms with Gasteiger partial charge in [-0.1, -0.05) is 0 Å².